The van der Waals surface area contributed by atoms with Crippen LogP contribution in [0.25, 0.3) is 10.2 Å². The Morgan fingerprint density at radius 1 is 1.67 bits per heavy atom. The smallest absolute Gasteiger partial charge is 0.350 e. The number of hydrogen-bond acceptors (Lipinski definition) is 5. The molecule has 0 aromatic carbocycles. The molecule has 0 aliphatic heterocycles. The summed E-state index contributed by atoms with van der Waals surface area (Å²) in [6.45, 7) is 0. The van der Waals surface area contributed by atoms with Gasteiger partial charge in [-0.3, -0.25) is 0 Å². The molecule has 2 N–H and O–H groups in total. The number of thiophene rings is 1. The number of carbonyl (C=O) groups excluding carboxylic acids is 1. The van der Waals surface area contributed by atoms with Gasteiger partial charge in [-0.05, 0) is 6.07 Å². The van der Waals surface area contributed by atoms with Gasteiger partial charge < -0.3 is 10.5 Å². The number of carbonyl (C=O) groups is 1. The SMILES string of the molecule is COC(=O)c1sc2ncc(F)cc2c1N. The third-order valence-corrected chi connectivity index (χ3v) is 3.03. The highest BCUT2D eigenvalue weighted by molar-refractivity contribution is 7.21. The molecule has 0 spiro atoms. The van der Waals surface area contributed by atoms with Crippen LogP contribution in [0.4, 0.5) is 10.1 Å². The van der Waals surface area contributed by atoms with E-state index in [1.807, 2.05) is 0 Å². The van der Waals surface area contributed by atoms with Gasteiger partial charge in [-0.15, -0.1) is 11.3 Å². The summed E-state index contributed by atoms with van der Waals surface area (Å²) in [5, 5.41) is 0.445. The minimum atomic E-state index is -0.532. The zero-order valence-electron chi connectivity index (χ0n) is 7.78. The first-order chi connectivity index (χ1) is 7.13. The lowest BCUT2D eigenvalue weighted by Gasteiger charge is -1.95. The van der Waals surface area contributed by atoms with Crippen LogP contribution in [0.3, 0.4) is 0 Å². The van der Waals surface area contributed by atoms with Gasteiger partial charge in [-0.25, -0.2) is 14.2 Å². The van der Waals surface area contributed by atoms with E-state index >= 15 is 0 Å². The first kappa shape index (κ1) is 9.85. The van der Waals surface area contributed by atoms with Crippen LogP contribution in [0.2, 0.25) is 0 Å². The molecule has 0 saturated heterocycles. The number of nitrogens with two attached hydrogens (primary N) is 1. The second-order valence-corrected chi connectivity index (χ2v) is 3.84. The normalized spacial score (nSPS) is 10.5. The van der Waals surface area contributed by atoms with Crippen LogP contribution in [0.15, 0.2) is 12.3 Å². The molecule has 78 valence electrons. The predicted octanol–water partition coefficient (Wildman–Crippen LogP) is 1.80. The Morgan fingerprint density at radius 3 is 3.07 bits per heavy atom. The largest absolute Gasteiger partial charge is 0.465 e. The molecule has 2 heterocycles. The number of hydrogen-bond donors (Lipinski definition) is 1. The Kier molecular flexibility index (Phi) is 2.28. The van der Waals surface area contributed by atoms with Crippen molar-refractivity contribution in [3.8, 4) is 0 Å². The highest BCUT2D eigenvalue weighted by atomic mass is 32.1. The lowest BCUT2D eigenvalue weighted by Crippen LogP contribution is -2.01. The van der Waals surface area contributed by atoms with Gasteiger partial charge in [-0.2, -0.15) is 0 Å². The quantitative estimate of drug-likeness (QED) is 0.753. The lowest BCUT2D eigenvalue weighted by atomic mass is 10.2. The second-order valence-electron chi connectivity index (χ2n) is 2.84. The third-order valence-electron chi connectivity index (χ3n) is 1.92. The van der Waals surface area contributed by atoms with E-state index in [-0.39, 0.29) is 10.6 Å². The number of anilines is 1. The van der Waals surface area contributed by atoms with E-state index in [1.54, 1.807) is 0 Å². The summed E-state index contributed by atoms with van der Waals surface area (Å²) in [5.41, 5.74) is 5.90. The van der Waals surface area contributed by atoms with Crippen molar-refractivity contribution in [3.63, 3.8) is 0 Å². The van der Waals surface area contributed by atoms with Crippen molar-refractivity contribution in [1.29, 1.82) is 0 Å². The first-order valence-corrected chi connectivity index (χ1v) is 4.87. The molecule has 0 bridgehead atoms. The zero-order chi connectivity index (χ0) is 11.0. The molecule has 0 amide bonds. The minimum absolute atomic E-state index is 0.217. The summed E-state index contributed by atoms with van der Waals surface area (Å²) in [6.07, 6.45) is 1.08. The summed E-state index contributed by atoms with van der Waals surface area (Å²) < 4.78 is 17.4. The fraction of sp³-hybridized carbons (Fsp3) is 0.111. The highest BCUT2D eigenvalue weighted by Crippen LogP contribution is 2.32. The van der Waals surface area contributed by atoms with Crippen molar-refractivity contribution in [2.24, 2.45) is 0 Å². The van der Waals surface area contributed by atoms with Gasteiger partial charge in [0.2, 0.25) is 0 Å². The number of esters is 1. The predicted molar refractivity (Wildman–Crippen MR) is 55.3 cm³/mol. The molecular weight excluding hydrogens is 219 g/mol. The van der Waals surface area contributed by atoms with Gasteiger partial charge in [0, 0.05) is 5.39 Å². The van der Waals surface area contributed by atoms with Crippen LogP contribution in [0, 0.1) is 5.82 Å². The summed E-state index contributed by atoms with van der Waals surface area (Å²) in [4.78, 5) is 15.9. The van der Waals surface area contributed by atoms with Crippen LogP contribution < -0.4 is 5.73 Å². The van der Waals surface area contributed by atoms with E-state index in [2.05, 4.69) is 9.72 Å². The molecule has 0 radical (unpaired) electrons. The van der Waals surface area contributed by atoms with E-state index in [0.717, 1.165) is 17.5 Å². The van der Waals surface area contributed by atoms with Gasteiger partial charge >= 0.3 is 5.97 Å². The molecule has 2 aromatic heterocycles. The highest BCUT2D eigenvalue weighted by Gasteiger charge is 2.17. The summed E-state index contributed by atoms with van der Waals surface area (Å²) >= 11 is 1.09. The average molecular weight is 226 g/mol. The Bertz CT molecular complexity index is 538. The molecule has 0 fully saturated rings. The fourth-order valence-electron chi connectivity index (χ4n) is 1.22. The van der Waals surface area contributed by atoms with Crippen LogP contribution >= 0.6 is 11.3 Å². The van der Waals surface area contributed by atoms with Crippen molar-refractivity contribution in [1.82, 2.24) is 4.98 Å². The lowest BCUT2D eigenvalue weighted by molar-refractivity contribution is 0.0607. The number of rotatable bonds is 1. The maximum absolute atomic E-state index is 12.9. The standard InChI is InChI=1S/C9H7FN2O2S/c1-14-9(13)7-6(11)5-2-4(10)3-12-8(5)15-7/h2-3H,11H2,1H3. The number of nitrogens with zero attached hydrogens (tertiary/aromatic N) is 1. The Hall–Kier alpha value is -1.69. The summed E-state index contributed by atoms with van der Waals surface area (Å²) in [7, 11) is 1.26. The summed E-state index contributed by atoms with van der Waals surface area (Å²) in [6, 6.07) is 1.25. The molecule has 2 aromatic rings. The molecule has 0 atom stereocenters. The van der Waals surface area contributed by atoms with Gasteiger partial charge in [0.15, 0.2) is 0 Å². The Labute approximate surface area is 88.5 Å². The number of fused-ring (bicyclic) bond motifs is 1. The molecule has 15 heavy (non-hydrogen) atoms. The maximum atomic E-state index is 12.9. The Balaban J connectivity index is 2.69. The van der Waals surface area contributed by atoms with Gasteiger partial charge in [0.05, 0.1) is 19.0 Å². The molecule has 2 rings (SSSR count). The molecule has 0 aliphatic rings. The van der Waals surface area contributed by atoms with E-state index in [9.17, 15) is 9.18 Å². The molecular formula is C9H7FN2O2S. The summed E-state index contributed by atoms with van der Waals surface area (Å²) in [5.74, 6) is -1.01. The number of halogens is 1. The minimum Gasteiger partial charge on any atom is -0.465 e. The number of pyridine rings is 1. The van der Waals surface area contributed by atoms with Crippen molar-refractivity contribution < 1.29 is 13.9 Å². The molecule has 0 aliphatic carbocycles. The number of methoxy groups -OCH3 is 1. The van der Waals surface area contributed by atoms with Crippen LogP contribution in [-0.2, 0) is 4.74 Å². The van der Waals surface area contributed by atoms with E-state index < -0.39 is 11.8 Å². The fourth-order valence-corrected chi connectivity index (χ4v) is 2.18. The molecule has 0 unspecified atom stereocenters. The van der Waals surface area contributed by atoms with Crippen LogP contribution in [0.1, 0.15) is 9.67 Å². The first-order valence-electron chi connectivity index (χ1n) is 4.05. The van der Waals surface area contributed by atoms with E-state index in [4.69, 9.17) is 5.73 Å². The molecule has 0 saturated carbocycles. The van der Waals surface area contributed by atoms with Crippen molar-refractivity contribution in [3.05, 3.63) is 23.0 Å². The number of aromatic nitrogens is 1. The monoisotopic (exact) mass is 226 g/mol. The zero-order valence-corrected chi connectivity index (χ0v) is 8.60. The van der Waals surface area contributed by atoms with Gasteiger partial charge in [0.1, 0.15) is 15.5 Å². The molecule has 4 nitrogen and oxygen atoms in total. The number of nitrogen functional groups attached to an aromatic ring is 1. The van der Waals surface area contributed by atoms with E-state index in [0.29, 0.717) is 10.2 Å². The average Bonchev–Trinajstić information content (AvgIpc) is 2.55. The second kappa shape index (κ2) is 3.47. The maximum Gasteiger partial charge on any atom is 0.350 e. The van der Waals surface area contributed by atoms with Crippen LogP contribution in [-0.4, -0.2) is 18.1 Å². The Morgan fingerprint density at radius 2 is 2.40 bits per heavy atom. The topological polar surface area (TPSA) is 65.2 Å². The van der Waals surface area contributed by atoms with Gasteiger partial charge in [-0.1, -0.05) is 0 Å². The van der Waals surface area contributed by atoms with Crippen molar-refractivity contribution in [2.75, 3.05) is 12.8 Å². The van der Waals surface area contributed by atoms with Crippen molar-refractivity contribution >= 4 is 33.2 Å². The van der Waals surface area contributed by atoms with E-state index in [1.165, 1.54) is 13.2 Å². The molecule has 6 heteroatoms. The number of ether oxygens (including phenoxy) is 1. The van der Waals surface area contributed by atoms with Crippen molar-refractivity contribution in [2.45, 2.75) is 0 Å². The third kappa shape index (κ3) is 1.52. The van der Waals surface area contributed by atoms with Gasteiger partial charge in [0.25, 0.3) is 0 Å². The van der Waals surface area contributed by atoms with Crippen LogP contribution in [0.5, 0.6) is 0 Å².